The van der Waals surface area contributed by atoms with E-state index in [-0.39, 0.29) is 11.9 Å². The van der Waals surface area contributed by atoms with E-state index in [4.69, 9.17) is 16.6 Å². The van der Waals surface area contributed by atoms with Gasteiger partial charge < -0.3 is 9.88 Å². The van der Waals surface area contributed by atoms with Gasteiger partial charge in [0.2, 0.25) is 0 Å². The monoisotopic (exact) mass is 407 g/mol. The van der Waals surface area contributed by atoms with Crippen LogP contribution in [0.4, 0.5) is 10.1 Å². The summed E-state index contributed by atoms with van der Waals surface area (Å²) in [5.41, 5.74) is 6.49. The fourth-order valence-corrected chi connectivity index (χ4v) is 3.90. The zero-order valence-electron chi connectivity index (χ0n) is 16.7. The van der Waals surface area contributed by atoms with E-state index in [0.29, 0.717) is 5.02 Å². The van der Waals surface area contributed by atoms with Crippen molar-refractivity contribution in [1.29, 1.82) is 0 Å². The molecule has 2 aromatic heterocycles. The van der Waals surface area contributed by atoms with Crippen molar-refractivity contribution in [1.82, 2.24) is 9.97 Å². The van der Waals surface area contributed by atoms with E-state index in [1.165, 1.54) is 23.1 Å². The number of aryl methyl sites for hydroxylation is 2. The second-order valence-electron chi connectivity index (χ2n) is 7.43. The molecule has 0 aliphatic heterocycles. The number of nitrogens with zero attached hydrogens (tertiary/aromatic N) is 2. The molecule has 148 valence electrons. The van der Waals surface area contributed by atoms with Gasteiger partial charge in [-0.05, 0) is 73.9 Å². The van der Waals surface area contributed by atoms with E-state index in [2.05, 4.69) is 29.8 Å². The molecule has 2 heterocycles. The Hall–Kier alpha value is -2.85. The minimum atomic E-state index is -0.243. The topological polar surface area (TPSA) is 31.9 Å². The van der Waals surface area contributed by atoms with Crippen molar-refractivity contribution in [3.05, 3.63) is 94.1 Å². The first kappa shape index (κ1) is 19.5. The minimum Gasteiger partial charge on any atom is -0.366 e. The summed E-state index contributed by atoms with van der Waals surface area (Å²) >= 11 is 6.07. The van der Waals surface area contributed by atoms with E-state index >= 15 is 0 Å². The molecule has 4 aromatic rings. The van der Waals surface area contributed by atoms with Gasteiger partial charge in [-0.25, -0.2) is 4.39 Å². The van der Waals surface area contributed by atoms with Gasteiger partial charge in [-0.2, -0.15) is 0 Å². The van der Waals surface area contributed by atoms with E-state index in [1.54, 1.807) is 12.1 Å². The smallest absolute Gasteiger partial charge is 0.123 e. The van der Waals surface area contributed by atoms with Crippen LogP contribution in [-0.4, -0.2) is 17.0 Å². The largest absolute Gasteiger partial charge is 0.366 e. The molecule has 3 nitrogen and oxygen atoms in total. The second-order valence-corrected chi connectivity index (χ2v) is 7.86. The Morgan fingerprint density at radius 2 is 1.72 bits per heavy atom. The molecule has 0 aliphatic rings. The molecule has 0 fully saturated rings. The maximum Gasteiger partial charge on any atom is 0.123 e. The number of H-pyrrole nitrogens is 1. The summed E-state index contributed by atoms with van der Waals surface area (Å²) in [7, 11) is 2.02. The molecule has 0 bridgehead atoms. The minimum absolute atomic E-state index is 0.0391. The van der Waals surface area contributed by atoms with Crippen LogP contribution in [0.5, 0.6) is 0 Å². The van der Waals surface area contributed by atoms with E-state index < -0.39 is 0 Å². The third-order valence-corrected chi connectivity index (χ3v) is 5.87. The highest BCUT2D eigenvalue weighted by molar-refractivity contribution is 6.30. The first-order chi connectivity index (χ1) is 13.9. The molecule has 29 heavy (non-hydrogen) atoms. The molecule has 0 spiro atoms. The summed E-state index contributed by atoms with van der Waals surface area (Å²) in [5.74, 6) is -0.243. The molecular formula is C24H23ClFN3. The van der Waals surface area contributed by atoms with Gasteiger partial charge in [0.15, 0.2) is 0 Å². The zero-order valence-corrected chi connectivity index (χ0v) is 17.5. The molecule has 0 aliphatic carbocycles. The van der Waals surface area contributed by atoms with Gasteiger partial charge in [0.25, 0.3) is 0 Å². The summed E-state index contributed by atoms with van der Waals surface area (Å²) in [5, 5.41) is 1.90. The van der Waals surface area contributed by atoms with Crippen LogP contribution >= 0.6 is 11.6 Å². The highest BCUT2D eigenvalue weighted by Crippen LogP contribution is 2.33. The number of hydrogen-bond acceptors (Lipinski definition) is 2. The number of aromatic nitrogens is 2. The summed E-state index contributed by atoms with van der Waals surface area (Å²) in [6.45, 7) is 4.20. The maximum atomic E-state index is 13.5. The Kier molecular flexibility index (Phi) is 5.29. The fraction of sp³-hybridized carbons (Fsp3) is 0.208. The Morgan fingerprint density at radius 1 is 1.03 bits per heavy atom. The number of pyridine rings is 1. The molecule has 2 aromatic carbocycles. The average molecular weight is 408 g/mol. The molecule has 1 N–H and O–H groups in total. The number of benzene rings is 2. The lowest BCUT2D eigenvalue weighted by Gasteiger charge is -2.30. The van der Waals surface area contributed by atoms with Crippen molar-refractivity contribution in [3.8, 4) is 0 Å². The molecule has 0 saturated heterocycles. The van der Waals surface area contributed by atoms with E-state index in [1.807, 2.05) is 37.5 Å². The highest BCUT2D eigenvalue weighted by atomic mass is 35.5. The summed E-state index contributed by atoms with van der Waals surface area (Å²) in [6, 6.07) is 16.5. The maximum absolute atomic E-state index is 13.5. The summed E-state index contributed by atoms with van der Waals surface area (Å²) in [6.07, 6.45) is 2.61. The van der Waals surface area contributed by atoms with Crippen molar-refractivity contribution < 1.29 is 4.39 Å². The Morgan fingerprint density at radius 3 is 2.41 bits per heavy atom. The summed E-state index contributed by atoms with van der Waals surface area (Å²) < 4.78 is 13.5. The molecule has 5 heteroatoms. The quantitative estimate of drug-likeness (QED) is 0.415. The number of anilines is 1. The number of rotatable bonds is 5. The zero-order chi connectivity index (χ0) is 20.5. The third-order valence-electron chi connectivity index (χ3n) is 5.62. The third kappa shape index (κ3) is 3.85. The predicted molar refractivity (Wildman–Crippen MR) is 118 cm³/mol. The molecule has 1 unspecified atom stereocenters. The predicted octanol–water partition coefficient (Wildman–Crippen LogP) is 6.39. The van der Waals surface area contributed by atoms with Crippen LogP contribution in [-0.2, 0) is 6.42 Å². The summed E-state index contributed by atoms with van der Waals surface area (Å²) in [4.78, 5) is 10.4. The first-order valence-electron chi connectivity index (χ1n) is 9.60. The van der Waals surface area contributed by atoms with Crippen LogP contribution in [0.15, 0.2) is 60.8 Å². The fourth-order valence-electron chi connectivity index (χ4n) is 3.77. The lowest BCUT2D eigenvalue weighted by molar-refractivity contribution is 0.624. The van der Waals surface area contributed by atoms with Crippen LogP contribution in [0.1, 0.15) is 28.6 Å². The molecule has 0 amide bonds. The van der Waals surface area contributed by atoms with Crippen LogP contribution in [0.3, 0.4) is 0 Å². The Bertz CT molecular complexity index is 1130. The molecule has 1 atom stereocenters. The van der Waals surface area contributed by atoms with Gasteiger partial charge >= 0.3 is 0 Å². The number of halogens is 2. The number of hydrogen-bond donors (Lipinski definition) is 1. The Balaban J connectivity index is 1.82. The lowest BCUT2D eigenvalue weighted by Crippen LogP contribution is -2.27. The standard InChI is InChI=1S/C24H23ClFN3/c1-15-16(2)28-23-21(15)12-13-27-24(23)22(14-17-4-6-18(25)7-5-17)29(3)20-10-8-19(26)9-11-20/h4-13,22,28H,14H2,1-3H3. The normalized spacial score (nSPS) is 12.3. The van der Waals surface area contributed by atoms with Gasteiger partial charge in [-0.3, -0.25) is 4.98 Å². The van der Waals surface area contributed by atoms with Crippen molar-refractivity contribution in [3.63, 3.8) is 0 Å². The SMILES string of the molecule is Cc1[nH]c2c(C(Cc3ccc(Cl)cc3)N(C)c3ccc(F)cc3)nccc2c1C. The number of aromatic amines is 1. The van der Waals surface area contributed by atoms with Crippen molar-refractivity contribution in [2.75, 3.05) is 11.9 Å². The number of fused-ring (bicyclic) bond motifs is 1. The van der Waals surface area contributed by atoms with Crippen LogP contribution in [0.2, 0.25) is 5.02 Å². The van der Waals surface area contributed by atoms with Crippen LogP contribution < -0.4 is 4.90 Å². The molecule has 0 radical (unpaired) electrons. The van der Waals surface area contributed by atoms with E-state index in [9.17, 15) is 4.39 Å². The van der Waals surface area contributed by atoms with Gasteiger partial charge in [0, 0.05) is 35.0 Å². The molecule has 0 saturated carbocycles. The van der Waals surface area contributed by atoms with Gasteiger partial charge in [0.1, 0.15) is 5.82 Å². The highest BCUT2D eigenvalue weighted by Gasteiger charge is 2.23. The molecule has 4 rings (SSSR count). The van der Waals surface area contributed by atoms with Gasteiger partial charge in [-0.1, -0.05) is 23.7 Å². The van der Waals surface area contributed by atoms with Crippen LogP contribution in [0.25, 0.3) is 10.9 Å². The van der Waals surface area contributed by atoms with Crippen molar-refractivity contribution in [2.45, 2.75) is 26.3 Å². The van der Waals surface area contributed by atoms with Crippen molar-refractivity contribution >= 4 is 28.2 Å². The van der Waals surface area contributed by atoms with Crippen LogP contribution in [0, 0.1) is 19.7 Å². The average Bonchev–Trinajstić information content (AvgIpc) is 3.02. The second kappa shape index (κ2) is 7.88. The number of nitrogens with one attached hydrogen (secondary N) is 1. The lowest BCUT2D eigenvalue weighted by atomic mass is 9.99. The number of likely N-dealkylation sites (N-methyl/N-ethyl adjacent to an activating group) is 1. The van der Waals surface area contributed by atoms with Gasteiger partial charge in [-0.15, -0.1) is 0 Å². The van der Waals surface area contributed by atoms with Gasteiger partial charge in [0.05, 0.1) is 17.3 Å². The molecular weight excluding hydrogens is 385 g/mol. The van der Waals surface area contributed by atoms with Crippen molar-refractivity contribution in [2.24, 2.45) is 0 Å². The van der Waals surface area contributed by atoms with E-state index in [0.717, 1.165) is 34.6 Å². The first-order valence-corrected chi connectivity index (χ1v) is 9.98. The Labute approximate surface area is 175 Å².